The Kier molecular flexibility index (Phi) is 4.21. The molecular weight excluding hydrogens is 252 g/mol. The van der Waals surface area contributed by atoms with Crippen LogP contribution in [-0.4, -0.2) is 17.1 Å². The summed E-state index contributed by atoms with van der Waals surface area (Å²) in [6.07, 6.45) is 1.68. The Morgan fingerprint density at radius 1 is 1.40 bits per heavy atom. The highest BCUT2D eigenvalue weighted by Crippen LogP contribution is 2.22. The fraction of sp³-hybridized carbons (Fsp3) is 0.250. The van der Waals surface area contributed by atoms with Crippen molar-refractivity contribution >= 4 is 5.97 Å². The third kappa shape index (κ3) is 2.72. The van der Waals surface area contributed by atoms with Crippen molar-refractivity contribution in [3.05, 3.63) is 59.4 Å². The summed E-state index contributed by atoms with van der Waals surface area (Å²) in [5, 5.41) is 9.02. The second-order valence-electron chi connectivity index (χ2n) is 4.44. The normalized spacial score (nSPS) is 11.7. The minimum atomic E-state index is -0.406. The molecule has 0 unspecified atom stereocenters. The van der Waals surface area contributed by atoms with E-state index in [0.717, 1.165) is 5.56 Å². The topological polar surface area (TPSA) is 55.0 Å². The Bertz CT molecular complexity index is 638. The zero-order chi connectivity index (χ0) is 14.5. The Morgan fingerprint density at radius 2 is 2.10 bits per heavy atom. The lowest BCUT2D eigenvalue weighted by Gasteiger charge is -2.17. The summed E-state index contributed by atoms with van der Waals surface area (Å²) in [4.78, 5) is 12.0. The van der Waals surface area contributed by atoms with E-state index in [4.69, 9.17) is 10.00 Å². The molecule has 4 nitrogen and oxygen atoms in total. The predicted molar refractivity (Wildman–Crippen MR) is 75.4 cm³/mol. The standard InChI is InChI=1S/C16H16N2O2/c1-3-20-16(19)15-9-13(10-17)11-18(15)12(2)14-7-5-4-6-8-14/h4-9,11-12H,3H2,1-2H3/t12-/m1/s1. The maximum Gasteiger partial charge on any atom is 0.355 e. The van der Waals surface area contributed by atoms with Crippen LogP contribution in [0.3, 0.4) is 0 Å². The molecule has 0 spiro atoms. The van der Waals surface area contributed by atoms with E-state index in [0.29, 0.717) is 17.9 Å². The number of carbonyl (C=O) groups excluding carboxylic acids is 1. The van der Waals surface area contributed by atoms with E-state index in [1.807, 2.05) is 37.3 Å². The molecule has 0 aliphatic rings. The molecule has 0 saturated heterocycles. The summed E-state index contributed by atoms with van der Waals surface area (Å²) in [5.41, 5.74) is 1.92. The quantitative estimate of drug-likeness (QED) is 0.800. The first-order valence-electron chi connectivity index (χ1n) is 6.51. The van der Waals surface area contributed by atoms with Crippen molar-refractivity contribution in [3.8, 4) is 6.07 Å². The smallest absolute Gasteiger partial charge is 0.355 e. The Labute approximate surface area is 118 Å². The van der Waals surface area contributed by atoms with Crippen LogP contribution in [-0.2, 0) is 4.74 Å². The molecule has 20 heavy (non-hydrogen) atoms. The monoisotopic (exact) mass is 268 g/mol. The summed E-state index contributed by atoms with van der Waals surface area (Å²) < 4.78 is 6.83. The molecular formula is C16H16N2O2. The van der Waals surface area contributed by atoms with E-state index >= 15 is 0 Å². The van der Waals surface area contributed by atoms with Crippen LogP contribution in [0.4, 0.5) is 0 Å². The summed E-state index contributed by atoms with van der Waals surface area (Å²) >= 11 is 0. The number of carbonyl (C=O) groups is 1. The van der Waals surface area contributed by atoms with E-state index in [-0.39, 0.29) is 6.04 Å². The Balaban J connectivity index is 2.43. The van der Waals surface area contributed by atoms with Crippen LogP contribution in [0.25, 0.3) is 0 Å². The number of benzene rings is 1. The lowest BCUT2D eigenvalue weighted by molar-refractivity contribution is 0.0512. The van der Waals surface area contributed by atoms with Gasteiger partial charge in [0.2, 0.25) is 0 Å². The van der Waals surface area contributed by atoms with Crippen molar-refractivity contribution < 1.29 is 9.53 Å². The minimum absolute atomic E-state index is 0.0438. The maximum atomic E-state index is 12.0. The van der Waals surface area contributed by atoms with Gasteiger partial charge >= 0.3 is 5.97 Å². The Hall–Kier alpha value is -2.54. The number of hydrogen-bond acceptors (Lipinski definition) is 3. The van der Waals surface area contributed by atoms with Gasteiger partial charge in [-0.25, -0.2) is 4.79 Å². The molecule has 1 aromatic carbocycles. The van der Waals surface area contributed by atoms with Crippen LogP contribution < -0.4 is 0 Å². The van der Waals surface area contributed by atoms with Crippen molar-refractivity contribution in [1.29, 1.82) is 5.26 Å². The summed E-state index contributed by atoms with van der Waals surface area (Å²) in [5.74, 6) is -0.406. The molecule has 0 bridgehead atoms. The number of nitriles is 1. The van der Waals surface area contributed by atoms with Crippen molar-refractivity contribution in [2.24, 2.45) is 0 Å². The molecule has 0 aliphatic carbocycles. The molecule has 0 N–H and O–H groups in total. The van der Waals surface area contributed by atoms with Crippen molar-refractivity contribution in [2.75, 3.05) is 6.61 Å². The summed E-state index contributed by atoms with van der Waals surface area (Å²) in [6.45, 7) is 4.06. The van der Waals surface area contributed by atoms with E-state index in [9.17, 15) is 4.79 Å². The number of nitrogens with zero attached hydrogens (tertiary/aromatic N) is 2. The van der Waals surface area contributed by atoms with Crippen LogP contribution >= 0.6 is 0 Å². The first kappa shape index (κ1) is 13.9. The largest absolute Gasteiger partial charge is 0.461 e. The molecule has 0 radical (unpaired) electrons. The van der Waals surface area contributed by atoms with E-state index in [2.05, 4.69) is 6.07 Å². The average Bonchev–Trinajstić information content (AvgIpc) is 2.92. The third-order valence-corrected chi connectivity index (χ3v) is 3.16. The van der Waals surface area contributed by atoms with Crippen LogP contribution in [0.2, 0.25) is 0 Å². The molecule has 0 amide bonds. The van der Waals surface area contributed by atoms with Gasteiger partial charge in [-0.1, -0.05) is 30.3 Å². The molecule has 0 aliphatic heterocycles. The molecule has 1 heterocycles. The molecule has 0 saturated carbocycles. The van der Waals surface area contributed by atoms with Gasteiger partial charge in [-0.2, -0.15) is 5.26 Å². The van der Waals surface area contributed by atoms with Crippen molar-refractivity contribution in [3.63, 3.8) is 0 Å². The van der Waals surface area contributed by atoms with Gasteiger partial charge in [0.05, 0.1) is 18.2 Å². The molecule has 1 atom stereocenters. The SMILES string of the molecule is CCOC(=O)c1cc(C#N)cn1[C@H](C)c1ccccc1. The first-order valence-corrected chi connectivity index (χ1v) is 6.51. The third-order valence-electron chi connectivity index (χ3n) is 3.16. The van der Waals surface area contributed by atoms with Crippen molar-refractivity contribution in [2.45, 2.75) is 19.9 Å². The van der Waals surface area contributed by atoms with E-state index in [1.165, 1.54) is 0 Å². The summed E-state index contributed by atoms with van der Waals surface area (Å²) in [7, 11) is 0. The van der Waals surface area contributed by atoms with Gasteiger partial charge in [0.25, 0.3) is 0 Å². The summed E-state index contributed by atoms with van der Waals surface area (Å²) in [6, 6.07) is 13.4. The van der Waals surface area contributed by atoms with Crippen LogP contribution in [0.5, 0.6) is 0 Å². The van der Waals surface area contributed by atoms with Gasteiger partial charge in [0, 0.05) is 6.20 Å². The second kappa shape index (κ2) is 6.07. The lowest BCUT2D eigenvalue weighted by Crippen LogP contribution is -2.15. The van der Waals surface area contributed by atoms with Gasteiger partial charge in [0.15, 0.2) is 0 Å². The fourth-order valence-electron chi connectivity index (χ4n) is 2.12. The highest BCUT2D eigenvalue weighted by Gasteiger charge is 2.19. The van der Waals surface area contributed by atoms with Crippen molar-refractivity contribution in [1.82, 2.24) is 4.57 Å². The van der Waals surface area contributed by atoms with Crippen LogP contribution in [0.1, 0.15) is 41.5 Å². The number of hydrogen-bond donors (Lipinski definition) is 0. The predicted octanol–water partition coefficient (Wildman–Crippen LogP) is 3.15. The zero-order valence-electron chi connectivity index (χ0n) is 11.5. The van der Waals surface area contributed by atoms with E-state index < -0.39 is 5.97 Å². The van der Waals surface area contributed by atoms with E-state index in [1.54, 1.807) is 23.8 Å². The number of ether oxygens (including phenoxy) is 1. The lowest BCUT2D eigenvalue weighted by atomic mass is 10.1. The van der Waals surface area contributed by atoms with Gasteiger partial charge in [-0.15, -0.1) is 0 Å². The zero-order valence-corrected chi connectivity index (χ0v) is 11.5. The second-order valence-corrected chi connectivity index (χ2v) is 4.44. The van der Waals surface area contributed by atoms with Crippen LogP contribution in [0, 0.1) is 11.3 Å². The fourth-order valence-corrected chi connectivity index (χ4v) is 2.12. The van der Waals surface area contributed by atoms with Gasteiger partial charge in [-0.05, 0) is 25.5 Å². The number of esters is 1. The first-order chi connectivity index (χ1) is 9.67. The molecule has 0 fully saturated rings. The van der Waals surface area contributed by atoms with Crippen LogP contribution in [0.15, 0.2) is 42.6 Å². The minimum Gasteiger partial charge on any atom is -0.461 e. The highest BCUT2D eigenvalue weighted by atomic mass is 16.5. The average molecular weight is 268 g/mol. The molecule has 2 aromatic rings. The van der Waals surface area contributed by atoms with Gasteiger partial charge in [0.1, 0.15) is 11.8 Å². The number of rotatable bonds is 4. The van der Waals surface area contributed by atoms with Gasteiger partial charge in [-0.3, -0.25) is 0 Å². The van der Waals surface area contributed by atoms with Gasteiger partial charge < -0.3 is 9.30 Å². The molecule has 4 heteroatoms. The number of aromatic nitrogens is 1. The maximum absolute atomic E-state index is 12.0. The molecule has 1 aromatic heterocycles. The highest BCUT2D eigenvalue weighted by molar-refractivity contribution is 5.88. The molecule has 102 valence electrons. The molecule has 2 rings (SSSR count). The Morgan fingerprint density at radius 3 is 2.70 bits per heavy atom.